The van der Waals surface area contributed by atoms with Gasteiger partial charge in [-0.3, -0.25) is 9.36 Å². The number of rotatable bonds is 10. The van der Waals surface area contributed by atoms with Gasteiger partial charge in [0.25, 0.3) is 5.56 Å². The van der Waals surface area contributed by atoms with Gasteiger partial charge in [0.1, 0.15) is 17.3 Å². The van der Waals surface area contributed by atoms with Crippen LogP contribution in [0.2, 0.25) is 0 Å². The minimum atomic E-state index is -0.116. The Kier molecular flexibility index (Phi) is 7.81. The maximum absolute atomic E-state index is 13.6. The molecule has 0 radical (unpaired) electrons. The van der Waals surface area contributed by atoms with Crippen molar-refractivity contribution in [1.82, 2.24) is 14.5 Å². The van der Waals surface area contributed by atoms with Crippen molar-refractivity contribution in [2.24, 2.45) is 0 Å². The third-order valence-corrected chi connectivity index (χ3v) is 5.29. The zero-order chi connectivity index (χ0) is 24.1. The summed E-state index contributed by atoms with van der Waals surface area (Å²) in [4.78, 5) is 20.5. The van der Waals surface area contributed by atoms with E-state index in [4.69, 9.17) is 23.9 Å². The highest BCUT2D eigenvalue weighted by Gasteiger charge is 2.18. The Balaban J connectivity index is 2.20. The summed E-state index contributed by atoms with van der Waals surface area (Å²) in [5, 5.41) is 0.492. The number of ether oxygens (including phenoxy) is 4. The van der Waals surface area contributed by atoms with E-state index in [9.17, 15) is 4.79 Å². The molecule has 0 fully saturated rings. The second-order valence-electron chi connectivity index (χ2n) is 8.33. The van der Waals surface area contributed by atoms with E-state index in [1.807, 2.05) is 51.0 Å². The molecule has 3 rings (SSSR count). The van der Waals surface area contributed by atoms with Gasteiger partial charge >= 0.3 is 0 Å². The summed E-state index contributed by atoms with van der Waals surface area (Å²) in [5.41, 5.74) is 1.33. The fourth-order valence-corrected chi connectivity index (χ4v) is 3.64. The molecule has 0 saturated heterocycles. The van der Waals surface area contributed by atoms with Crippen molar-refractivity contribution in [2.45, 2.75) is 32.9 Å². The molecule has 1 heterocycles. The van der Waals surface area contributed by atoms with Crippen LogP contribution in [0.25, 0.3) is 10.9 Å². The zero-order valence-electron chi connectivity index (χ0n) is 20.5. The molecule has 0 spiro atoms. The Morgan fingerprint density at radius 1 is 0.970 bits per heavy atom. The highest BCUT2D eigenvalue weighted by molar-refractivity contribution is 5.82. The first kappa shape index (κ1) is 24.4. The summed E-state index contributed by atoms with van der Waals surface area (Å²) in [7, 11) is 8.78. The molecule has 3 aromatic rings. The van der Waals surface area contributed by atoms with Crippen molar-refractivity contribution in [1.29, 1.82) is 0 Å². The van der Waals surface area contributed by atoms with Crippen molar-refractivity contribution in [2.75, 3.05) is 42.0 Å². The fraction of sp³-hybridized carbons (Fsp3) is 0.440. The lowest BCUT2D eigenvalue weighted by atomic mass is 10.1. The molecule has 8 heteroatoms. The third kappa shape index (κ3) is 5.57. The number of methoxy groups -OCH3 is 3. The molecule has 0 N–H and O–H groups in total. The summed E-state index contributed by atoms with van der Waals surface area (Å²) >= 11 is 0. The molecule has 0 unspecified atom stereocenters. The van der Waals surface area contributed by atoms with E-state index < -0.39 is 0 Å². The van der Waals surface area contributed by atoms with E-state index >= 15 is 0 Å². The summed E-state index contributed by atoms with van der Waals surface area (Å²) in [5.74, 6) is 3.13. The summed E-state index contributed by atoms with van der Waals surface area (Å²) in [6.45, 7) is 5.06. The van der Waals surface area contributed by atoms with E-state index in [1.54, 1.807) is 38.0 Å². The molecule has 0 aliphatic carbocycles. The predicted octanol–water partition coefficient (Wildman–Crippen LogP) is 3.36. The van der Waals surface area contributed by atoms with Crippen LogP contribution < -0.4 is 24.5 Å². The Bertz CT molecular complexity index is 1170. The van der Waals surface area contributed by atoms with Gasteiger partial charge in [0.2, 0.25) is 0 Å². The van der Waals surface area contributed by atoms with E-state index in [-0.39, 0.29) is 11.7 Å². The van der Waals surface area contributed by atoms with Gasteiger partial charge in [-0.15, -0.1) is 0 Å². The highest BCUT2D eigenvalue weighted by atomic mass is 16.5. The Morgan fingerprint density at radius 2 is 1.70 bits per heavy atom. The number of hydrogen-bond donors (Lipinski definition) is 0. The molecule has 0 atom stereocenters. The molecule has 0 amide bonds. The third-order valence-electron chi connectivity index (χ3n) is 5.29. The standard InChI is InChI=1S/C25H33N3O5/c1-16(2)33-23-14-19-20(15-22(23)32-7)26-24(28(25(19)29)11-10-27(3)4)13-17-12-18(30-5)8-9-21(17)31-6/h8-9,12,14-16H,10-11,13H2,1-7H3. The van der Waals surface area contributed by atoms with Gasteiger partial charge in [-0.2, -0.15) is 0 Å². The number of benzene rings is 2. The smallest absolute Gasteiger partial charge is 0.261 e. The van der Waals surface area contributed by atoms with Gasteiger partial charge in [-0.25, -0.2) is 4.98 Å². The van der Waals surface area contributed by atoms with Crippen molar-refractivity contribution < 1.29 is 18.9 Å². The quantitative estimate of drug-likeness (QED) is 0.464. The maximum atomic E-state index is 13.6. The molecule has 2 aromatic carbocycles. The van der Waals surface area contributed by atoms with Gasteiger partial charge in [-0.05, 0) is 52.2 Å². The van der Waals surface area contributed by atoms with Gasteiger partial charge in [-0.1, -0.05) is 0 Å². The van der Waals surface area contributed by atoms with Gasteiger partial charge in [0, 0.05) is 31.1 Å². The lowest BCUT2D eigenvalue weighted by Crippen LogP contribution is -2.30. The van der Waals surface area contributed by atoms with Crippen LogP contribution in [0, 0.1) is 0 Å². The first-order valence-corrected chi connectivity index (χ1v) is 10.9. The van der Waals surface area contributed by atoms with Gasteiger partial charge < -0.3 is 23.8 Å². The Labute approximate surface area is 194 Å². The number of fused-ring (bicyclic) bond motifs is 1. The number of nitrogens with zero attached hydrogens (tertiary/aromatic N) is 3. The molecule has 0 aliphatic heterocycles. The average Bonchev–Trinajstić information content (AvgIpc) is 2.78. The van der Waals surface area contributed by atoms with E-state index in [2.05, 4.69) is 0 Å². The van der Waals surface area contributed by atoms with Crippen LogP contribution in [0.4, 0.5) is 0 Å². The topological polar surface area (TPSA) is 75.0 Å². The summed E-state index contributed by atoms with van der Waals surface area (Å²) in [6.07, 6.45) is 0.353. The minimum Gasteiger partial charge on any atom is -0.497 e. The largest absolute Gasteiger partial charge is 0.497 e. The lowest BCUT2D eigenvalue weighted by molar-refractivity contribution is 0.230. The molecule has 178 valence electrons. The molecular formula is C25H33N3O5. The molecule has 0 aliphatic rings. The van der Waals surface area contributed by atoms with Crippen LogP contribution >= 0.6 is 0 Å². The van der Waals surface area contributed by atoms with Gasteiger partial charge in [0.05, 0.1) is 38.3 Å². The highest BCUT2D eigenvalue weighted by Crippen LogP contribution is 2.32. The summed E-state index contributed by atoms with van der Waals surface area (Å²) in [6, 6.07) is 9.10. The predicted molar refractivity (Wildman–Crippen MR) is 129 cm³/mol. The molecule has 33 heavy (non-hydrogen) atoms. The first-order valence-electron chi connectivity index (χ1n) is 10.9. The zero-order valence-corrected chi connectivity index (χ0v) is 20.5. The van der Waals surface area contributed by atoms with Gasteiger partial charge in [0.15, 0.2) is 11.5 Å². The SMILES string of the molecule is COc1ccc(OC)c(Cc2nc3cc(OC)c(OC(C)C)cc3c(=O)n2CCN(C)C)c1. The van der Waals surface area contributed by atoms with Crippen LogP contribution in [-0.2, 0) is 13.0 Å². The molecule has 0 saturated carbocycles. The van der Waals surface area contributed by atoms with Crippen LogP contribution in [0.3, 0.4) is 0 Å². The van der Waals surface area contributed by atoms with E-state index in [0.717, 1.165) is 5.56 Å². The van der Waals surface area contributed by atoms with Crippen molar-refractivity contribution >= 4 is 10.9 Å². The van der Waals surface area contributed by atoms with Crippen molar-refractivity contribution in [3.63, 3.8) is 0 Å². The van der Waals surface area contributed by atoms with Crippen LogP contribution in [0.1, 0.15) is 25.2 Å². The molecule has 1 aromatic heterocycles. The fourth-order valence-electron chi connectivity index (χ4n) is 3.64. The van der Waals surface area contributed by atoms with E-state index in [0.29, 0.717) is 59.2 Å². The second-order valence-corrected chi connectivity index (χ2v) is 8.33. The first-order chi connectivity index (χ1) is 15.8. The number of aromatic nitrogens is 2. The summed E-state index contributed by atoms with van der Waals surface area (Å²) < 4.78 is 24.1. The molecular weight excluding hydrogens is 422 g/mol. The van der Waals surface area contributed by atoms with E-state index in [1.165, 1.54) is 0 Å². The Hall–Kier alpha value is -3.26. The normalized spacial score (nSPS) is 11.3. The van der Waals surface area contributed by atoms with Crippen LogP contribution in [-0.4, -0.2) is 62.5 Å². The molecule has 0 bridgehead atoms. The maximum Gasteiger partial charge on any atom is 0.261 e. The average molecular weight is 456 g/mol. The second kappa shape index (κ2) is 10.6. The Morgan fingerprint density at radius 3 is 2.30 bits per heavy atom. The monoisotopic (exact) mass is 455 g/mol. The van der Waals surface area contributed by atoms with Crippen molar-refractivity contribution in [3.05, 3.63) is 52.1 Å². The number of likely N-dealkylation sites (N-methyl/N-ethyl adjacent to an activating group) is 1. The van der Waals surface area contributed by atoms with Crippen molar-refractivity contribution in [3.8, 4) is 23.0 Å². The molecule has 8 nitrogen and oxygen atoms in total. The lowest BCUT2D eigenvalue weighted by Gasteiger charge is -2.19. The van der Waals surface area contributed by atoms with Crippen LogP contribution in [0.5, 0.6) is 23.0 Å². The minimum absolute atomic E-state index is 0.0555. The van der Waals surface area contributed by atoms with Crippen LogP contribution in [0.15, 0.2) is 35.1 Å². The number of hydrogen-bond acceptors (Lipinski definition) is 7.